The summed E-state index contributed by atoms with van der Waals surface area (Å²) in [5.41, 5.74) is 28.9. The minimum atomic E-state index is -0.462. The molecule has 3 aliphatic carbocycles. The molecule has 1 aromatic heterocycles. The van der Waals surface area contributed by atoms with Gasteiger partial charge in [0.05, 0.1) is 5.41 Å². The highest BCUT2D eigenvalue weighted by molar-refractivity contribution is 6.20. The van der Waals surface area contributed by atoms with Gasteiger partial charge >= 0.3 is 0 Å². The summed E-state index contributed by atoms with van der Waals surface area (Å²) in [6.07, 6.45) is 0. The molecular weight excluding hydrogens is 1010 g/mol. The minimum absolute atomic E-state index is 0.128. The van der Waals surface area contributed by atoms with Crippen molar-refractivity contribution in [3.05, 3.63) is 342 Å². The average molecular weight is 1070 g/mol. The van der Waals surface area contributed by atoms with Crippen LogP contribution in [0.25, 0.3) is 110 Å². The fourth-order valence-electron chi connectivity index (χ4n) is 15.1. The molecule has 15 aromatic rings. The number of furan rings is 1. The molecule has 2 nitrogen and oxygen atoms in total. The molecule has 84 heavy (non-hydrogen) atoms. The number of benzene rings is 14. The third kappa shape index (κ3) is 6.80. The molecule has 1 unspecified atom stereocenters. The zero-order chi connectivity index (χ0) is 55.0. The van der Waals surface area contributed by atoms with Crippen LogP contribution >= 0.6 is 0 Å². The Morgan fingerprint density at radius 2 is 0.821 bits per heavy atom. The van der Waals surface area contributed by atoms with Crippen molar-refractivity contribution in [2.45, 2.75) is 11.3 Å². The molecule has 1 heterocycles. The van der Waals surface area contributed by atoms with Crippen LogP contribution in [0.1, 0.15) is 44.9 Å². The molecule has 1 spiro atoms. The number of hydrogen-bond donors (Lipinski definition) is 0. The van der Waals surface area contributed by atoms with Gasteiger partial charge in [-0.2, -0.15) is 0 Å². The van der Waals surface area contributed by atoms with Gasteiger partial charge in [0.15, 0.2) is 0 Å². The van der Waals surface area contributed by atoms with Gasteiger partial charge in [-0.25, -0.2) is 0 Å². The van der Waals surface area contributed by atoms with Gasteiger partial charge in [-0.15, -0.1) is 0 Å². The Hall–Kier alpha value is -10.8. The van der Waals surface area contributed by atoms with Crippen molar-refractivity contribution >= 4 is 60.5 Å². The van der Waals surface area contributed by atoms with E-state index in [-0.39, 0.29) is 5.92 Å². The van der Waals surface area contributed by atoms with E-state index in [1.165, 1.54) is 127 Å². The Labute approximate surface area is 487 Å². The van der Waals surface area contributed by atoms with Crippen LogP contribution in [0.4, 0.5) is 17.1 Å². The number of fused-ring (bicyclic) bond motifs is 19. The first kappa shape index (κ1) is 46.9. The highest BCUT2D eigenvalue weighted by Gasteiger charge is 2.51. The maximum absolute atomic E-state index is 6.41. The molecule has 390 valence electrons. The van der Waals surface area contributed by atoms with Crippen LogP contribution in [0, 0.1) is 0 Å². The van der Waals surface area contributed by atoms with E-state index in [1.54, 1.807) is 0 Å². The van der Waals surface area contributed by atoms with E-state index in [1.807, 2.05) is 0 Å². The first-order valence-electron chi connectivity index (χ1n) is 29.2. The first-order chi connectivity index (χ1) is 41.6. The Morgan fingerprint density at radius 1 is 0.274 bits per heavy atom. The summed E-state index contributed by atoms with van der Waals surface area (Å²) in [4.78, 5) is 2.45. The van der Waals surface area contributed by atoms with E-state index in [0.717, 1.165) is 39.2 Å². The fraction of sp³-hybridized carbons (Fsp3) is 0.0244. The second kappa shape index (κ2) is 18.1. The topological polar surface area (TPSA) is 16.4 Å². The molecule has 0 radical (unpaired) electrons. The molecule has 0 fully saturated rings. The van der Waals surface area contributed by atoms with Gasteiger partial charge in [0, 0.05) is 33.8 Å². The van der Waals surface area contributed by atoms with E-state index < -0.39 is 5.41 Å². The lowest BCUT2D eigenvalue weighted by Gasteiger charge is -2.32. The lowest BCUT2D eigenvalue weighted by Crippen LogP contribution is -2.26. The maximum Gasteiger partial charge on any atom is 0.136 e. The predicted octanol–water partition coefficient (Wildman–Crippen LogP) is 21.9. The Kier molecular flexibility index (Phi) is 10.1. The number of anilines is 3. The van der Waals surface area contributed by atoms with Crippen LogP contribution in [0.3, 0.4) is 0 Å². The molecule has 1 atom stereocenters. The van der Waals surface area contributed by atoms with Gasteiger partial charge in [0.25, 0.3) is 0 Å². The normalized spacial score (nSPS) is 13.9. The van der Waals surface area contributed by atoms with Gasteiger partial charge in [0.2, 0.25) is 0 Å². The third-order valence-electron chi connectivity index (χ3n) is 18.7. The van der Waals surface area contributed by atoms with Gasteiger partial charge in [-0.05, 0) is 200 Å². The Balaban J connectivity index is 0.751. The maximum atomic E-state index is 6.41. The minimum Gasteiger partial charge on any atom is -0.456 e. The van der Waals surface area contributed by atoms with Crippen molar-refractivity contribution < 1.29 is 4.42 Å². The summed E-state index contributed by atoms with van der Waals surface area (Å²) < 4.78 is 6.41. The lowest BCUT2D eigenvalue weighted by molar-refractivity contribution is 0.669. The molecule has 0 amide bonds. The first-order valence-corrected chi connectivity index (χ1v) is 29.2. The molecule has 18 rings (SSSR count). The second-order valence-electron chi connectivity index (χ2n) is 23.0. The van der Waals surface area contributed by atoms with E-state index in [2.05, 4.69) is 308 Å². The third-order valence-corrected chi connectivity index (χ3v) is 18.7. The molecule has 0 bridgehead atoms. The monoisotopic (exact) mass is 1070 g/mol. The average Bonchev–Trinajstić information content (AvgIpc) is 1.57. The van der Waals surface area contributed by atoms with Crippen LogP contribution < -0.4 is 4.90 Å². The highest BCUT2D eigenvalue weighted by Crippen LogP contribution is 2.63. The second-order valence-corrected chi connectivity index (χ2v) is 23.0. The van der Waals surface area contributed by atoms with Crippen molar-refractivity contribution in [3.63, 3.8) is 0 Å². The summed E-state index contributed by atoms with van der Waals surface area (Å²) in [7, 11) is 0. The summed E-state index contributed by atoms with van der Waals surface area (Å²) in [6.45, 7) is 0. The Morgan fingerprint density at radius 3 is 1.56 bits per heavy atom. The number of nitrogens with zero attached hydrogens (tertiary/aromatic N) is 1. The standard InChI is InChI=1S/C82H51NO/c1-2-17-54(18-3-1)80-68-43-36-57(47-71(68)72-50-70-58(48-73(72)80)37-45-79-81(70)69-26-9-13-31-78(69)84-79)56-21-14-20-55(46-56)51-32-38-59(39-33-51)83(60-40-34-53(35-41-60)63-27-15-19-52-16-4-5-22-62(52)63)61-42-44-67-66-25-8-12-30-76(66)82(77(67)49-61)74-28-10-6-23-64(74)65-24-7-11-29-75(65)82/h1-50,80H. The number of hydrogen-bond acceptors (Lipinski definition) is 2. The summed E-state index contributed by atoms with van der Waals surface area (Å²) in [6, 6.07) is 113. The van der Waals surface area contributed by atoms with Crippen molar-refractivity contribution in [3.8, 4) is 66.8 Å². The van der Waals surface area contributed by atoms with Crippen LogP contribution in [-0.4, -0.2) is 0 Å². The predicted molar refractivity (Wildman–Crippen MR) is 349 cm³/mol. The van der Waals surface area contributed by atoms with E-state index in [4.69, 9.17) is 4.42 Å². The SMILES string of the molecule is c1ccc(C2c3ccc(-c4cccc(-c5ccc(N(c6ccc(-c7cccc8ccccc78)cc6)c6ccc7c(c6)C6(c8ccccc8-c8ccccc86)c6ccccc6-7)cc5)c4)cc3-c3cc4c(ccc5oc6ccccc6c54)cc32)cc1. The van der Waals surface area contributed by atoms with Gasteiger partial charge in [0.1, 0.15) is 11.2 Å². The lowest BCUT2D eigenvalue weighted by atomic mass is 9.70. The molecule has 3 aliphatic rings. The number of para-hydroxylation sites is 1. The molecule has 2 heteroatoms. The zero-order valence-corrected chi connectivity index (χ0v) is 45.8. The van der Waals surface area contributed by atoms with E-state index in [0.29, 0.717) is 0 Å². The van der Waals surface area contributed by atoms with Crippen molar-refractivity contribution in [2.75, 3.05) is 4.90 Å². The molecule has 0 saturated heterocycles. The van der Waals surface area contributed by atoms with Gasteiger partial charge in [-0.3, -0.25) is 0 Å². The van der Waals surface area contributed by atoms with Crippen molar-refractivity contribution in [1.29, 1.82) is 0 Å². The van der Waals surface area contributed by atoms with E-state index >= 15 is 0 Å². The molecule has 14 aromatic carbocycles. The van der Waals surface area contributed by atoms with E-state index in [9.17, 15) is 0 Å². The van der Waals surface area contributed by atoms with Crippen molar-refractivity contribution in [1.82, 2.24) is 0 Å². The summed E-state index contributed by atoms with van der Waals surface area (Å²) >= 11 is 0. The summed E-state index contributed by atoms with van der Waals surface area (Å²) in [5.74, 6) is 0.128. The Bertz CT molecular complexity index is 5130. The zero-order valence-electron chi connectivity index (χ0n) is 45.8. The largest absolute Gasteiger partial charge is 0.456 e. The van der Waals surface area contributed by atoms with Crippen LogP contribution in [0.5, 0.6) is 0 Å². The van der Waals surface area contributed by atoms with Crippen LogP contribution in [-0.2, 0) is 5.41 Å². The highest BCUT2D eigenvalue weighted by atomic mass is 16.3. The van der Waals surface area contributed by atoms with Gasteiger partial charge in [-0.1, -0.05) is 231 Å². The molecular formula is C82H51NO. The number of rotatable bonds is 7. The van der Waals surface area contributed by atoms with Crippen LogP contribution in [0.2, 0.25) is 0 Å². The molecule has 0 N–H and O–H groups in total. The van der Waals surface area contributed by atoms with Crippen LogP contribution in [0.15, 0.2) is 308 Å². The molecule has 0 aliphatic heterocycles. The molecule has 0 saturated carbocycles. The van der Waals surface area contributed by atoms with Gasteiger partial charge < -0.3 is 9.32 Å². The van der Waals surface area contributed by atoms with Crippen molar-refractivity contribution in [2.24, 2.45) is 0 Å². The fourth-order valence-corrected chi connectivity index (χ4v) is 15.1. The quantitative estimate of drug-likeness (QED) is 0.158. The summed E-state index contributed by atoms with van der Waals surface area (Å²) in [5, 5.41) is 7.27. The smallest absolute Gasteiger partial charge is 0.136 e.